The molecule has 0 radical (unpaired) electrons. The third-order valence-corrected chi connectivity index (χ3v) is 4.64. The Hall–Kier alpha value is -1.35. The summed E-state index contributed by atoms with van der Waals surface area (Å²) in [5.41, 5.74) is 9.84. The number of likely N-dealkylation sites (tertiary alicyclic amines) is 1. The number of nitrogens with zero attached hydrogens (tertiary/aromatic N) is 1. The summed E-state index contributed by atoms with van der Waals surface area (Å²) in [7, 11) is 0. The zero-order chi connectivity index (χ0) is 13.6. The molecule has 0 spiro atoms. The van der Waals surface area contributed by atoms with E-state index < -0.39 is 0 Å². The lowest BCUT2D eigenvalue weighted by Gasteiger charge is -2.48. The number of aryl methyl sites for hydroxylation is 2. The molecule has 3 rings (SSSR count). The molecule has 1 aromatic carbocycles. The van der Waals surface area contributed by atoms with E-state index in [-0.39, 0.29) is 11.4 Å². The average Bonchev–Trinajstić information content (AvgIpc) is 3.14. The Balaban J connectivity index is 1.58. The van der Waals surface area contributed by atoms with Crippen molar-refractivity contribution in [2.45, 2.75) is 38.6 Å². The normalized spacial score (nSPS) is 21.1. The maximum Gasteiger partial charge on any atom is 0.227 e. The highest BCUT2D eigenvalue weighted by atomic mass is 16.2. The number of hydrogen-bond acceptors (Lipinski definition) is 2. The minimum Gasteiger partial charge on any atom is -0.339 e. The summed E-state index contributed by atoms with van der Waals surface area (Å²) in [6.07, 6.45) is 2.99. The standard InChI is InChI=1S/C16H22N2O/c1-11-3-4-13(7-12(11)2)8-15(19)18-9-16(17,10-18)14-5-6-14/h3-4,7,14H,5-6,8-10,17H2,1-2H3. The van der Waals surface area contributed by atoms with E-state index >= 15 is 0 Å². The highest BCUT2D eigenvalue weighted by Gasteiger charge is 2.51. The summed E-state index contributed by atoms with van der Waals surface area (Å²) in [5.74, 6) is 0.878. The van der Waals surface area contributed by atoms with Gasteiger partial charge in [-0.15, -0.1) is 0 Å². The summed E-state index contributed by atoms with van der Waals surface area (Å²) in [6.45, 7) is 5.68. The van der Waals surface area contributed by atoms with Crippen molar-refractivity contribution in [3.63, 3.8) is 0 Å². The molecule has 1 saturated carbocycles. The van der Waals surface area contributed by atoms with Crippen LogP contribution in [0.1, 0.15) is 29.5 Å². The Morgan fingerprint density at radius 2 is 2.00 bits per heavy atom. The van der Waals surface area contributed by atoms with E-state index in [4.69, 9.17) is 5.73 Å². The zero-order valence-electron chi connectivity index (χ0n) is 11.8. The molecule has 0 aromatic heterocycles. The molecule has 19 heavy (non-hydrogen) atoms. The highest BCUT2D eigenvalue weighted by molar-refractivity contribution is 5.80. The number of nitrogens with two attached hydrogens (primary N) is 1. The monoisotopic (exact) mass is 258 g/mol. The van der Waals surface area contributed by atoms with Crippen molar-refractivity contribution in [3.8, 4) is 0 Å². The van der Waals surface area contributed by atoms with Crippen LogP contribution in [0.5, 0.6) is 0 Å². The van der Waals surface area contributed by atoms with Crippen LogP contribution in [0.2, 0.25) is 0 Å². The fraction of sp³-hybridized carbons (Fsp3) is 0.562. The first kappa shape index (κ1) is 12.7. The molecule has 1 amide bonds. The van der Waals surface area contributed by atoms with Crippen LogP contribution in [0.15, 0.2) is 18.2 Å². The molecule has 3 heteroatoms. The second-order valence-corrected chi connectivity index (χ2v) is 6.35. The van der Waals surface area contributed by atoms with Crippen molar-refractivity contribution in [1.29, 1.82) is 0 Å². The zero-order valence-corrected chi connectivity index (χ0v) is 11.8. The van der Waals surface area contributed by atoms with Crippen LogP contribution < -0.4 is 5.73 Å². The van der Waals surface area contributed by atoms with Gasteiger partial charge in [0, 0.05) is 13.1 Å². The molecule has 0 atom stereocenters. The first-order valence-electron chi connectivity index (χ1n) is 7.11. The second-order valence-electron chi connectivity index (χ2n) is 6.35. The number of carbonyl (C=O) groups excluding carboxylic acids is 1. The number of rotatable bonds is 3. The first-order chi connectivity index (χ1) is 8.98. The van der Waals surface area contributed by atoms with Gasteiger partial charge in [-0.05, 0) is 49.3 Å². The van der Waals surface area contributed by atoms with E-state index in [1.54, 1.807) is 0 Å². The lowest BCUT2D eigenvalue weighted by atomic mass is 9.85. The van der Waals surface area contributed by atoms with E-state index in [9.17, 15) is 4.79 Å². The molecular weight excluding hydrogens is 236 g/mol. The molecule has 2 fully saturated rings. The molecule has 2 aliphatic rings. The largest absolute Gasteiger partial charge is 0.339 e. The van der Waals surface area contributed by atoms with Gasteiger partial charge < -0.3 is 10.6 Å². The summed E-state index contributed by atoms with van der Waals surface area (Å²) >= 11 is 0. The fourth-order valence-corrected chi connectivity index (χ4v) is 2.96. The van der Waals surface area contributed by atoms with Crippen LogP contribution in [-0.4, -0.2) is 29.4 Å². The summed E-state index contributed by atoms with van der Waals surface area (Å²) in [6, 6.07) is 6.26. The molecule has 1 aromatic rings. The third kappa shape index (κ3) is 2.39. The van der Waals surface area contributed by atoms with Crippen LogP contribution in [-0.2, 0) is 11.2 Å². The van der Waals surface area contributed by atoms with Gasteiger partial charge in [0.05, 0.1) is 12.0 Å². The molecule has 1 heterocycles. The molecule has 1 aliphatic heterocycles. The minimum absolute atomic E-state index is 0.0706. The van der Waals surface area contributed by atoms with Gasteiger partial charge in [-0.2, -0.15) is 0 Å². The van der Waals surface area contributed by atoms with Gasteiger partial charge in [0.2, 0.25) is 5.91 Å². The maximum absolute atomic E-state index is 12.2. The van der Waals surface area contributed by atoms with Gasteiger partial charge in [0.1, 0.15) is 0 Å². The predicted octanol–water partition coefficient (Wildman–Crippen LogP) is 1.80. The minimum atomic E-state index is -0.0706. The van der Waals surface area contributed by atoms with Gasteiger partial charge in [0.25, 0.3) is 0 Å². The Morgan fingerprint density at radius 3 is 2.58 bits per heavy atom. The number of hydrogen-bond donors (Lipinski definition) is 1. The van der Waals surface area contributed by atoms with Crippen LogP contribution >= 0.6 is 0 Å². The Labute approximate surface area is 114 Å². The quantitative estimate of drug-likeness (QED) is 0.898. The van der Waals surface area contributed by atoms with Crippen LogP contribution in [0.4, 0.5) is 0 Å². The Kier molecular flexibility index (Phi) is 2.90. The molecule has 1 saturated heterocycles. The summed E-state index contributed by atoms with van der Waals surface area (Å²) < 4.78 is 0. The van der Waals surface area contributed by atoms with E-state index in [1.165, 1.54) is 24.0 Å². The number of carbonyl (C=O) groups is 1. The number of amides is 1. The molecule has 1 aliphatic carbocycles. The van der Waals surface area contributed by atoms with Gasteiger partial charge in [-0.3, -0.25) is 4.79 Å². The topological polar surface area (TPSA) is 46.3 Å². The molecule has 0 bridgehead atoms. The van der Waals surface area contributed by atoms with Crippen molar-refractivity contribution in [2.24, 2.45) is 11.7 Å². The third-order valence-electron chi connectivity index (χ3n) is 4.64. The van der Waals surface area contributed by atoms with Crippen LogP contribution in [0, 0.1) is 19.8 Å². The van der Waals surface area contributed by atoms with E-state index in [0.717, 1.165) is 18.7 Å². The van der Waals surface area contributed by atoms with Crippen LogP contribution in [0.3, 0.4) is 0 Å². The Bertz CT molecular complexity index is 513. The Morgan fingerprint density at radius 1 is 1.32 bits per heavy atom. The molecular formula is C16H22N2O. The molecule has 2 N–H and O–H groups in total. The van der Waals surface area contributed by atoms with Gasteiger partial charge >= 0.3 is 0 Å². The lowest BCUT2D eigenvalue weighted by Crippen LogP contribution is -2.70. The fourth-order valence-electron chi connectivity index (χ4n) is 2.96. The first-order valence-corrected chi connectivity index (χ1v) is 7.11. The molecule has 102 valence electrons. The smallest absolute Gasteiger partial charge is 0.227 e. The van der Waals surface area contributed by atoms with Crippen LogP contribution in [0.25, 0.3) is 0 Å². The average molecular weight is 258 g/mol. The molecule has 0 unspecified atom stereocenters. The van der Waals surface area contributed by atoms with Crippen molar-refractivity contribution in [3.05, 3.63) is 34.9 Å². The van der Waals surface area contributed by atoms with E-state index in [2.05, 4.69) is 32.0 Å². The second kappa shape index (κ2) is 4.34. The molecule has 3 nitrogen and oxygen atoms in total. The lowest BCUT2D eigenvalue weighted by molar-refractivity contribution is -0.138. The number of benzene rings is 1. The highest BCUT2D eigenvalue weighted by Crippen LogP contribution is 2.43. The predicted molar refractivity (Wildman–Crippen MR) is 75.8 cm³/mol. The summed E-state index contributed by atoms with van der Waals surface area (Å²) in [4.78, 5) is 14.1. The van der Waals surface area contributed by atoms with E-state index in [0.29, 0.717) is 12.3 Å². The van der Waals surface area contributed by atoms with Crippen molar-refractivity contribution in [1.82, 2.24) is 4.90 Å². The van der Waals surface area contributed by atoms with Gasteiger partial charge in [-0.1, -0.05) is 18.2 Å². The van der Waals surface area contributed by atoms with Gasteiger partial charge in [0.15, 0.2) is 0 Å². The summed E-state index contributed by atoms with van der Waals surface area (Å²) in [5, 5.41) is 0. The van der Waals surface area contributed by atoms with Gasteiger partial charge in [-0.25, -0.2) is 0 Å². The van der Waals surface area contributed by atoms with Crippen molar-refractivity contribution >= 4 is 5.91 Å². The van der Waals surface area contributed by atoms with Crippen molar-refractivity contribution in [2.75, 3.05) is 13.1 Å². The SMILES string of the molecule is Cc1ccc(CC(=O)N2CC(N)(C3CC3)C2)cc1C. The maximum atomic E-state index is 12.2. The van der Waals surface area contributed by atoms with Crippen molar-refractivity contribution < 1.29 is 4.79 Å². The van der Waals surface area contributed by atoms with E-state index in [1.807, 2.05) is 4.90 Å².